The highest BCUT2D eigenvalue weighted by atomic mass is 19.1. The molecule has 1 aliphatic carbocycles. The van der Waals surface area contributed by atoms with Crippen LogP contribution in [-0.2, 0) is 11.8 Å². The number of carbonyl (C=O) groups is 1. The first kappa shape index (κ1) is 27.7. The van der Waals surface area contributed by atoms with E-state index in [1.807, 2.05) is 13.8 Å². The highest BCUT2D eigenvalue weighted by molar-refractivity contribution is 6.05. The molecule has 2 atom stereocenters. The Bertz CT molecular complexity index is 1140. The summed E-state index contributed by atoms with van der Waals surface area (Å²) in [6.45, 7) is 10.2. The maximum absolute atomic E-state index is 14.8. The number of amides is 1. The lowest BCUT2D eigenvalue weighted by molar-refractivity contribution is 0.0991. The molecule has 36 heavy (non-hydrogen) atoms. The molecule has 0 radical (unpaired) electrons. The second-order valence-corrected chi connectivity index (χ2v) is 11.2. The second kappa shape index (κ2) is 11.9. The molecule has 1 aromatic carbocycles. The Labute approximate surface area is 215 Å². The van der Waals surface area contributed by atoms with Gasteiger partial charge in [-0.3, -0.25) is 9.59 Å². The first-order valence-electron chi connectivity index (χ1n) is 13.2. The van der Waals surface area contributed by atoms with Crippen molar-refractivity contribution in [3.8, 4) is 0 Å². The summed E-state index contributed by atoms with van der Waals surface area (Å²) >= 11 is 0. The summed E-state index contributed by atoms with van der Waals surface area (Å²) in [7, 11) is 3.41. The lowest BCUT2D eigenvalue weighted by atomic mass is 9.80. The smallest absolute Gasteiger partial charge is 0.263 e. The van der Waals surface area contributed by atoms with Gasteiger partial charge in [-0.2, -0.15) is 0 Å². The number of H-pyrrole nitrogens is 1. The number of aryl methyl sites for hydroxylation is 1. The minimum absolute atomic E-state index is 0.106. The van der Waals surface area contributed by atoms with E-state index < -0.39 is 16.9 Å². The average molecular weight is 496 g/mol. The summed E-state index contributed by atoms with van der Waals surface area (Å²) in [5.41, 5.74) is 1.96. The van der Waals surface area contributed by atoms with Crippen molar-refractivity contribution in [1.82, 2.24) is 10.3 Å². The average Bonchev–Trinajstić information content (AvgIpc) is 2.84. The molecule has 0 saturated heterocycles. The number of halogens is 1. The summed E-state index contributed by atoms with van der Waals surface area (Å²) in [5.74, 6) is 0.858. The molecule has 2 aromatic rings. The van der Waals surface area contributed by atoms with E-state index in [1.165, 1.54) is 43.1 Å². The zero-order valence-corrected chi connectivity index (χ0v) is 22.5. The Morgan fingerprint density at radius 1 is 1.28 bits per heavy atom. The summed E-state index contributed by atoms with van der Waals surface area (Å²) in [6, 6.07) is 6.36. The Morgan fingerprint density at radius 3 is 2.72 bits per heavy atom. The number of anilines is 1. The van der Waals surface area contributed by atoms with E-state index in [1.54, 1.807) is 38.5 Å². The fourth-order valence-corrected chi connectivity index (χ4v) is 5.50. The van der Waals surface area contributed by atoms with Gasteiger partial charge in [-0.15, -0.1) is 0 Å². The second-order valence-electron chi connectivity index (χ2n) is 11.2. The van der Waals surface area contributed by atoms with Gasteiger partial charge in [0.05, 0.1) is 0 Å². The van der Waals surface area contributed by atoms with E-state index in [4.69, 9.17) is 0 Å². The number of hydrogen-bond acceptors (Lipinski definition) is 3. The molecule has 0 spiro atoms. The van der Waals surface area contributed by atoms with Gasteiger partial charge < -0.3 is 15.2 Å². The van der Waals surface area contributed by atoms with E-state index in [9.17, 15) is 14.0 Å². The molecule has 0 aliphatic heterocycles. The SMILES string of the molecule is C=C(CC(C)(C)c1cc(N(C)C(=O)c2cc(CCCC3CCC[C@H](C)C3)c[nH]c2=O)ccc1F)NC. The number of carbonyl (C=O) groups excluding carboxylic acids is 1. The Hall–Kier alpha value is -2.89. The van der Waals surface area contributed by atoms with Crippen molar-refractivity contribution in [3.63, 3.8) is 0 Å². The van der Waals surface area contributed by atoms with Crippen molar-refractivity contribution < 1.29 is 9.18 Å². The third kappa shape index (κ3) is 6.86. The molecule has 6 heteroatoms. The van der Waals surface area contributed by atoms with Crippen LogP contribution in [0.3, 0.4) is 0 Å². The first-order chi connectivity index (χ1) is 17.0. The Morgan fingerprint density at radius 2 is 2.03 bits per heavy atom. The van der Waals surface area contributed by atoms with Crippen molar-refractivity contribution in [2.75, 3.05) is 19.0 Å². The van der Waals surface area contributed by atoms with E-state index in [2.05, 4.69) is 23.8 Å². The van der Waals surface area contributed by atoms with Crippen molar-refractivity contribution >= 4 is 11.6 Å². The standard InChI is InChI=1S/C30H42FN3O2/c1-20-9-7-10-22(15-20)11-8-12-23-16-25(28(35)33-19-23)29(36)34(6)24-13-14-27(31)26(17-24)30(3,4)18-21(2)32-5/h13-14,16-17,19-20,22,32H,2,7-12,15,18H2,1,3-6H3,(H,33,35)/t20-,22?/m0/s1. The Balaban J connectivity index is 1.74. The van der Waals surface area contributed by atoms with E-state index in [0.717, 1.165) is 35.9 Å². The quantitative estimate of drug-likeness (QED) is 0.404. The number of nitrogens with zero attached hydrogens (tertiary/aromatic N) is 1. The largest absolute Gasteiger partial charge is 0.392 e. The maximum atomic E-state index is 14.8. The molecule has 0 bridgehead atoms. The number of rotatable bonds is 10. The molecule has 1 saturated carbocycles. The van der Waals surface area contributed by atoms with Gasteiger partial charge in [-0.05, 0) is 78.3 Å². The van der Waals surface area contributed by atoms with Crippen LogP contribution in [0, 0.1) is 17.7 Å². The zero-order valence-electron chi connectivity index (χ0n) is 22.5. The summed E-state index contributed by atoms with van der Waals surface area (Å²) in [5, 5.41) is 3.01. The van der Waals surface area contributed by atoms with Crippen LogP contribution in [0.1, 0.15) is 87.2 Å². The number of hydrogen-bond donors (Lipinski definition) is 2. The van der Waals surface area contributed by atoms with Crippen LogP contribution in [0.15, 0.2) is 47.5 Å². The van der Waals surface area contributed by atoms with Crippen LogP contribution < -0.4 is 15.8 Å². The van der Waals surface area contributed by atoms with Crippen LogP contribution in [0.25, 0.3) is 0 Å². The number of aromatic amines is 1. The van der Waals surface area contributed by atoms with Crippen LogP contribution in [0.2, 0.25) is 0 Å². The van der Waals surface area contributed by atoms with Gasteiger partial charge >= 0.3 is 0 Å². The molecule has 2 N–H and O–H groups in total. The van der Waals surface area contributed by atoms with E-state index >= 15 is 0 Å². The number of nitrogens with one attached hydrogen (secondary N) is 2. The summed E-state index contributed by atoms with van der Waals surface area (Å²) in [6.07, 6.45) is 10.6. The first-order valence-corrected chi connectivity index (χ1v) is 13.2. The molecule has 1 aromatic heterocycles. The lowest BCUT2D eigenvalue weighted by Crippen LogP contribution is -2.32. The molecule has 1 unspecified atom stereocenters. The van der Waals surface area contributed by atoms with Gasteiger partial charge in [0, 0.05) is 31.7 Å². The predicted octanol–water partition coefficient (Wildman–Crippen LogP) is 6.34. The van der Waals surface area contributed by atoms with Crippen LogP contribution in [-0.4, -0.2) is 25.0 Å². The highest BCUT2D eigenvalue weighted by Crippen LogP contribution is 2.34. The molecule has 1 fully saturated rings. The maximum Gasteiger partial charge on any atom is 0.263 e. The zero-order chi connectivity index (χ0) is 26.5. The van der Waals surface area contributed by atoms with Crippen LogP contribution in [0.4, 0.5) is 10.1 Å². The Kier molecular flexibility index (Phi) is 9.15. The van der Waals surface area contributed by atoms with E-state index in [0.29, 0.717) is 17.7 Å². The summed E-state index contributed by atoms with van der Waals surface area (Å²) < 4.78 is 14.8. The lowest BCUT2D eigenvalue weighted by Gasteiger charge is -2.28. The highest BCUT2D eigenvalue weighted by Gasteiger charge is 2.27. The predicted molar refractivity (Wildman–Crippen MR) is 146 cm³/mol. The van der Waals surface area contributed by atoms with Gasteiger partial charge in [0.15, 0.2) is 0 Å². The van der Waals surface area contributed by atoms with Gasteiger partial charge in [0.1, 0.15) is 11.4 Å². The third-order valence-electron chi connectivity index (χ3n) is 7.70. The van der Waals surface area contributed by atoms with Crippen molar-refractivity contribution in [3.05, 3.63) is 75.6 Å². The summed E-state index contributed by atoms with van der Waals surface area (Å²) in [4.78, 5) is 30.1. The van der Waals surface area contributed by atoms with Crippen molar-refractivity contribution in [1.29, 1.82) is 0 Å². The minimum Gasteiger partial charge on any atom is -0.392 e. The molecule has 1 aliphatic rings. The minimum atomic E-state index is -0.530. The topological polar surface area (TPSA) is 65.2 Å². The number of benzene rings is 1. The molecule has 1 amide bonds. The number of allylic oxidation sites excluding steroid dienone is 1. The van der Waals surface area contributed by atoms with Gasteiger partial charge in [0.2, 0.25) is 0 Å². The molecular formula is C30H42FN3O2. The molecular weight excluding hydrogens is 453 g/mol. The monoisotopic (exact) mass is 495 g/mol. The normalized spacial score (nSPS) is 18.1. The number of pyridine rings is 1. The van der Waals surface area contributed by atoms with E-state index in [-0.39, 0.29) is 11.4 Å². The van der Waals surface area contributed by atoms with Crippen molar-refractivity contribution in [2.24, 2.45) is 11.8 Å². The molecule has 5 nitrogen and oxygen atoms in total. The fraction of sp³-hybridized carbons (Fsp3) is 0.533. The van der Waals surface area contributed by atoms with Gasteiger partial charge in [0.25, 0.3) is 11.5 Å². The molecule has 196 valence electrons. The van der Waals surface area contributed by atoms with Crippen molar-refractivity contribution in [2.45, 2.75) is 77.6 Å². The number of aromatic nitrogens is 1. The molecule has 1 heterocycles. The molecule has 3 rings (SSSR count). The van der Waals surface area contributed by atoms with Gasteiger partial charge in [-0.25, -0.2) is 4.39 Å². The fourth-order valence-electron chi connectivity index (χ4n) is 5.50. The third-order valence-corrected chi connectivity index (χ3v) is 7.70. The van der Waals surface area contributed by atoms with Crippen LogP contribution in [0.5, 0.6) is 0 Å². The van der Waals surface area contributed by atoms with Gasteiger partial charge in [-0.1, -0.05) is 53.0 Å². The van der Waals surface area contributed by atoms with Crippen LogP contribution >= 0.6 is 0 Å².